The number of carbonyl (C=O) groups excluding carboxylic acids is 1. The summed E-state index contributed by atoms with van der Waals surface area (Å²) in [6, 6.07) is 4.21. The van der Waals surface area contributed by atoms with Gasteiger partial charge in [-0.3, -0.25) is 9.48 Å². The number of hydrogen-bond donors (Lipinski definition) is 3. The van der Waals surface area contributed by atoms with Gasteiger partial charge in [0.1, 0.15) is 22.7 Å². The Morgan fingerprint density at radius 3 is 3.10 bits per heavy atom. The molecule has 1 aliphatic rings. The fourth-order valence-corrected chi connectivity index (χ4v) is 3.83. The molecule has 1 amide bonds. The van der Waals surface area contributed by atoms with Crippen molar-refractivity contribution in [1.29, 1.82) is 0 Å². The van der Waals surface area contributed by atoms with Gasteiger partial charge in [0.05, 0.1) is 36.5 Å². The van der Waals surface area contributed by atoms with Crippen LogP contribution in [0.2, 0.25) is 0 Å². The Morgan fingerprint density at radius 2 is 2.27 bits per heavy atom. The standard InChI is InChI=1S/C20H20FN7O2/c1-28-16-4-10(21)2-3-13(16)17(27-28)15-7-24-19-18(26-15)14(6-23-19)20(29)25-12-5-11(22)8-30-9-12/h2-4,6-7,11-12H,5,8-9,22H2,1H3,(H,23,24)(H,25,29)/t11-,12+/m1/s1. The van der Waals surface area contributed by atoms with Gasteiger partial charge in [-0.05, 0) is 24.6 Å². The molecule has 0 unspecified atom stereocenters. The molecule has 4 heterocycles. The maximum Gasteiger partial charge on any atom is 0.255 e. The lowest BCUT2D eigenvalue weighted by Crippen LogP contribution is -2.47. The first-order valence-electron chi connectivity index (χ1n) is 9.60. The van der Waals surface area contributed by atoms with Crippen molar-refractivity contribution in [2.75, 3.05) is 13.2 Å². The van der Waals surface area contributed by atoms with Crippen LogP contribution in [0.25, 0.3) is 33.5 Å². The van der Waals surface area contributed by atoms with E-state index in [-0.39, 0.29) is 23.8 Å². The molecule has 10 heteroatoms. The van der Waals surface area contributed by atoms with Crippen molar-refractivity contribution in [2.45, 2.75) is 18.5 Å². The van der Waals surface area contributed by atoms with Crippen molar-refractivity contribution >= 4 is 28.0 Å². The average molecular weight is 409 g/mol. The number of halogens is 1. The number of benzene rings is 1. The molecule has 0 radical (unpaired) electrons. The number of nitrogens with zero attached hydrogens (tertiary/aromatic N) is 4. The third-order valence-electron chi connectivity index (χ3n) is 5.26. The van der Waals surface area contributed by atoms with E-state index in [4.69, 9.17) is 10.5 Å². The Balaban J connectivity index is 1.51. The van der Waals surface area contributed by atoms with Crippen LogP contribution in [0.4, 0.5) is 4.39 Å². The first kappa shape index (κ1) is 18.6. The number of nitrogens with two attached hydrogens (primary N) is 1. The lowest BCUT2D eigenvalue weighted by molar-refractivity contribution is 0.0522. The normalized spacial score (nSPS) is 19.4. The molecule has 30 heavy (non-hydrogen) atoms. The first-order chi connectivity index (χ1) is 14.5. The second-order valence-electron chi connectivity index (χ2n) is 7.49. The molecule has 4 aromatic rings. The van der Waals surface area contributed by atoms with Crippen molar-refractivity contribution in [3.8, 4) is 11.4 Å². The number of aryl methyl sites for hydroxylation is 1. The van der Waals surface area contributed by atoms with Crippen LogP contribution in [0.15, 0.2) is 30.6 Å². The van der Waals surface area contributed by atoms with Crippen LogP contribution in [-0.2, 0) is 11.8 Å². The third kappa shape index (κ3) is 3.19. The highest BCUT2D eigenvalue weighted by molar-refractivity contribution is 6.05. The van der Waals surface area contributed by atoms with Gasteiger partial charge in [0.15, 0.2) is 5.65 Å². The van der Waals surface area contributed by atoms with Gasteiger partial charge < -0.3 is 20.8 Å². The van der Waals surface area contributed by atoms with Crippen LogP contribution in [0, 0.1) is 5.82 Å². The summed E-state index contributed by atoms with van der Waals surface area (Å²) in [5, 5.41) is 8.18. The molecular weight excluding hydrogens is 389 g/mol. The summed E-state index contributed by atoms with van der Waals surface area (Å²) >= 11 is 0. The van der Waals surface area contributed by atoms with Crippen LogP contribution >= 0.6 is 0 Å². The first-order valence-corrected chi connectivity index (χ1v) is 9.60. The van der Waals surface area contributed by atoms with Gasteiger partial charge in [0.2, 0.25) is 0 Å². The molecule has 0 aliphatic carbocycles. The van der Waals surface area contributed by atoms with Crippen molar-refractivity contribution in [3.63, 3.8) is 0 Å². The molecule has 0 saturated carbocycles. The van der Waals surface area contributed by atoms with E-state index in [1.807, 2.05) is 0 Å². The molecule has 2 atom stereocenters. The monoisotopic (exact) mass is 409 g/mol. The van der Waals surface area contributed by atoms with Crippen LogP contribution < -0.4 is 11.1 Å². The number of H-pyrrole nitrogens is 1. The minimum absolute atomic E-state index is 0.0966. The highest BCUT2D eigenvalue weighted by atomic mass is 19.1. The van der Waals surface area contributed by atoms with Gasteiger partial charge in [0.25, 0.3) is 5.91 Å². The zero-order chi connectivity index (χ0) is 20.8. The molecule has 1 aromatic carbocycles. The predicted molar refractivity (Wildman–Crippen MR) is 108 cm³/mol. The van der Waals surface area contributed by atoms with E-state index in [9.17, 15) is 9.18 Å². The zero-order valence-corrected chi connectivity index (χ0v) is 16.2. The number of amides is 1. The van der Waals surface area contributed by atoms with Crippen LogP contribution in [0.1, 0.15) is 16.8 Å². The molecule has 5 rings (SSSR count). The van der Waals surface area contributed by atoms with Gasteiger partial charge in [-0.1, -0.05) is 0 Å². The molecule has 9 nitrogen and oxygen atoms in total. The van der Waals surface area contributed by atoms with E-state index in [1.165, 1.54) is 12.1 Å². The van der Waals surface area contributed by atoms with Gasteiger partial charge in [-0.25, -0.2) is 14.4 Å². The third-order valence-corrected chi connectivity index (χ3v) is 5.26. The van der Waals surface area contributed by atoms with Gasteiger partial charge in [-0.15, -0.1) is 0 Å². The van der Waals surface area contributed by atoms with E-state index < -0.39 is 0 Å². The number of rotatable bonds is 3. The number of ether oxygens (including phenoxy) is 1. The summed E-state index contributed by atoms with van der Waals surface area (Å²) in [4.78, 5) is 24.8. The minimum atomic E-state index is -0.338. The summed E-state index contributed by atoms with van der Waals surface area (Å²) in [5.41, 5.74) is 8.94. The number of aromatic amines is 1. The van der Waals surface area contributed by atoms with E-state index >= 15 is 0 Å². The molecular formula is C20H20FN7O2. The highest BCUT2D eigenvalue weighted by Crippen LogP contribution is 2.28. The van der Waals surface area contributed by atoms with Crippen LogP contribution in [0.5, 0.6) is 0 Å². The van der Waals surface area contributed by atoms with Crippen LogP contribution in [-0.4, -0.2) is 55.9 Å². The maximum atomic E-state index is 13.6. The van der Waals surface area contributed by atoms with E-state index in [0.29, 0.717) is 53.3 Å². The van der Waals surface area contributed by atoms with Crippen molar-refractivity contribution < 1.29 is 13.9 Å². The number of carbonyl (C=O) groups is 1. The lowest BCUT2D eigenvalue weighted by atomic mass is 10.1. The van der Waals surface area contributed by atoms with E-state index in [2.05, 4.69) is 25.4 Å². The van der Waals surface area contributed by atoms with Gasteiger partial charge in [0, 0.05) is 24.7 Å². The number of fused-ring (bicyclic) bond motifs is 2. The molecule has 154 valence electrons. The van der Waals surface area contributed by atoms with Gasteiger partial charge >= 0.3 is 0 Å². The van der Waals surface area contributed by atoms with Crippen molar-refractivity contribution in [3.05, 3.63) is 42.0 Å². The van der Waals surface area contributed by atoms with Gasteiger partial charge in [-0.2, -0.15) is 5.10 Å². The second-order valence-corrected chi connectivity index (χ2v) is 7.49. The summed E-state index contributed by atoms with van der Waals surface area (Å²) in [5.74, 6) is -0.613. The summed E-state index contributed by atoms with van der Waals surface area (Å²) in [7, 11) is 1.74. The molecule has 3 aromatic heterocycles. The molecule has 1 aliphatic heterocycles. The Morgan fingerprint density at radius 1 is 1.40 bits per heavy atom. The van der Waals surface area contributed by atoms with E-state index in [0.717, 1.165) is 5.39 Å². The lowest BCUT2D eigenvalue weighted by Gasteiger charge is -2.27. The SMILES string of the molecule is Cn1nc(-c2cnc3[nH]cc(C(=O)N[C@@H]4COC[C@H](N)C4)c3n2)c2ccc(F)cc21. The van der Waals surface area contributed by atoms with Crippen molar-refractivity contribution in [1.82, 2.24) is 30.0 Å². The molecule has 4 N–H and O–H groups in total. The quantitative estimate of drug-likeness (QED) is 0.471. The Kier molecular flexibility index (Phi) is 4.44. The molecule has 0 bridgehead atoms. The Bertz CT molecular complexity index is 1260. The Labute approximate surface area is 170 Å². The summed E-state index contributed by atoms with van der Waals surface area (Å²) < 4.78 is 20.6. The predicted octanol–water partition coefficient (Wildman–Crippen LogP) is 1.50. The minimum Gasteiger partial charge on any atom is -0.378 e. The molecule has 1 fully saturated rings. The van der Waals surface area contributed by atoms with Crippen molar-refractivity contribution in [2.24, 2.45) is 12.8 Å². The number of hydrogen-bond acceptors (Lipinski definition) is 6. The largest absolute Gasteiger partial charge is 0.378 e. The molecule has 1 saturated heterocycles. The average Bonchev–Trinajstić information content (AvgIpc) is 3.29. The van der Waals surface area contributed by atoms with Crippen LogP contribution in [0.3, 0.4) is 0 Å². The smallest absolute Gasteiger partial charge is 0.255 e. The molecule has 0 spiro atoms. The Hall–Kier alpha value is -3.37. The highest BCUT2D eigenvalue weighted by Gasteiger charge is 2.24. The summed E-state index contributed by atoms with van der Waals surface area (Å²) in [6.45, 7) is 0.922. The summed E-state index contributed by atoms with van der Waals surface area (Å²) in [6.07, 6.45) is 3.82. The fourth-order valence-electron chi connectivity index (χ4n) is 3.83. The number of aromatic nitrogens is 5. The number of nitrogens with one attached hydrogen (secondary N) is 2. The topological polar surface area (TPSA) is 124 Å². The maximum absolute atomic E-state index is 13.6. The fraction of sp³-hybridized carbons (Fsp3) is 0.300. The second kappa shape index (κ2) is 7.15. The zero-order valence-electron chi connectivity index (χ0n) is 16.2. The van der Waals surface area contributed by atoms with E-state index in [1.54, 1.807) is 30.2 Å².